The second kappa shape index (κ2) is 7.17. The summed E-state index contributed by atoms with van der Waals surface area (Å²) in [6, 6.07) is 12.6. The van der Waals surface area contributed by atoms with E-state index in [0.29, 0.717) is 30.0 Å². The molecule has 0 radical (unpaired) electrons. The number of carbonyl (C=O) groups excluding carboxylic acids is 2. The van der Waals surface area contributed by atoms with E-state index in [2.05, 4.69) is 10.6 Å². The fourth-order valence-electron chi connectivity index (χ4n) is 2.94. The van der Waals surface area contributed by atoms with Crippen molar-refractivity contribution in [2.45, 2.75) is 25.9 Å². The number of hydrogen-bond donors (Lipinski definition) is 3. The molecule has 0 aromatic heterocycles. The predicted molar refractivity (Wildman–Crippen MR) is 98.0 cm³/mol. The molecule has 1 unspecified atom stereocenters. The third-order valence-electron chi connectivity index (χ3n) is 4.67. The van der Waals surface area contributed by atoms with Gasteiger partial charge in [0.25, 0.3) is 0 Å². The van der Waals surface area contributed by atoms with E-state index in [0.717, 1.165) is 11.1 Å². The summed E-state index contributed by atoms with van der Waals surface area (Å²) in [5.74, 6) is -0.965. The first-order valence-corrected chi connectivity index (χ1v) is 8.50. The van der Waals surface area contributed by atoms with Crippen molar-refractivity contribution in [3.63, 3.8) is 0 Å². The summed E-state index contributed by atoms with van der Waals surface area (Å²) in [7, 11) is 0. The van der Waals surface area contributed by atoms with Crippen molar-refractivity contribution in [3.05, 3.63) is 59.2 Å². The fraction of sp³-hybridized carbons (Fsp3) is 0.300. The van der Waals surface area contributed by atoms with Gasteiger partial charge in [-0.05, 0) is 43.2 Å². The number of carbonyl (C=O) groups is 2. The molecular formula is C20H22N2O4. The summed E-state index contributed by atoms with van der Waals surface area (Å²) in [5, 5.41) is 16.0. The summed E-state index contributed by atoms with van der Waals surface area (Å²) in [6.07, 6.45) is 0.336. The Morgan fingerprint density at radius 3 is 2.65 bits per heavy atom. The Morgan fingerprint density at radius 2 is 1.88 bits per heavy atom. The fourth-order valence-corrected chi connectivity index (χ4v) is 2.94. The number of para-hydroxylation sites is 1. The number of ether oxygens (including phenoxy) is 1. The van der Waals surface area contributed by atoms with Gasteiger partial charge >= 0.3 is 11.8 Å². The third-order valence-corrected chi connectivity index (χ3v) is 4.67. The zero-order valence-electron chi connectivity index (χ0n) is 14.8. The monoisotopic (exact) mass is 354 g/mol. The van der Waals surface area contributed by atoms with E-state index in [1.807, 2.05) is 32.0 Å². The Bertz CT molecular complexity index is 849. The van der Waals surface area contributed by atoms with Crippen LogP contribution in [0.25, 0.3) is 0 Å². The zero-order valence-corrected chi connectivity index (χ0v) is 14.8. The van der Waals surface area contributed by atoms with Crippen molar-refractivity contribution in [1.29, 1.82) is 0 Å². The first kappa shape index (κ1) is 17.9. The Balaban J connectivity index is 1.63. The van der Waals surface area contributed by atoms with Gasteiger partial charge in [-0.2, -0.15) is 0 Å². The molecule has 26 heavy (non-hydrogen) atoms. The lowest BCUT2D eigenvalue weighted by atomic mass is 9.88. The lowest BCUT2D eigenvalue weighted by molar-refractivity contribution is -0.137. The molecule has 1 aliphatic heterocycles. The molecule has 1 atom stereocenters. The number of fused-ring (bicyclic) bond motifs is 1. The summed E-state index contributed by atoms with van der Waals surface area (Å²) < 4.78 is 5.52. The maximum Gasteiger partial charge on any atom is 0.313 e. The van der Waals surface area contributed by atoms with E-state index >= 15 is 0 Å². The highest BCUT2D eigenvalue weighted by Gasteiger charge is 2.36. The molecule has 0 saturated carbocycles. The topological polar surface area (TPSA) is 87.7 Å². The van der Waals surface area contributed by atoms with Crippen molar-refractivity contribution in [3.8, 4) is 5.75 Å². The van der Waals surface area contributed by atoms with E-state index in [1.54, 1.807) is 24.3 Å². The maximum atomic E-state index is 12.1. The largest absolute Gasteiger partial charge is 0.493 e. The quantitative estimate of drug-likeness (QED) is 0.736. The SMILES string of the molecule is Cc1ccc(NC(=O)C(=O)NCC2(O)CCOc3ccccc32)cc1C. The lowest BCUT2D eigenvalue weighted by Crippen LogP contribution is -2.46. The molecule has 0 saturated heterocycles. The van der Waals surface area contributed by atoms with Crippen LogP contribution < -0.4 is 15.4 Å². The summed E-state index contributed by atoms with van der Waals surface area (Å²) in [5.41, 5.74) is 2.04. The molecule has 136 valence electrons. The van der Waals surface area contributed by atoms with Crippen LogP contribution in [-0.4, -0.2) is 30.1 Å². The van der Waals surface area contributed by atoms with Gasteiger partial charge in [-0.25, -0.2) is 0 Å². The molecule has 6 nitrogen and oxygen atoms in total. The minimum atomic E-state index is -1.26. The Labute approximate surface area is 152 Å². The minimum absolute atomic E-state index is 0.0629. The smallest absolute Gasteiger partial charge is 0.313 e. The van der Waals surface area contributed by atoms with Gasteiger partial charge in [-0.1, -0.05) is 24.3 Å². The van der Waals surface area contributed by atoms with Crippen LogP contribution in [-0.2, 0) is 15.2 Å². The normalized spacial score (nSPS) is 18.4. The van der Waals surface area contributed by atoms with Gasteiger partial charge in [-0.15, -0.1) is 0 Å². The molecule has 0 aliphatic carbocycles. The average Bonchev–Trinajstić information content (AvgIpc) is 2.63. The van der Waals surface area contributed by atoms with E-state index in [9.17, 15) is 14.7 Å². The van der Waals surface area contributed by atoms with E-state index < -0.39 is 17.4 Å². The first-order chi connectivity index (χ1) is 12.4. The molecule has 0 fully saturated rings. The average molecular weight is 354 g/mol. The van der Waals surface area contributed by atoms with Gasteiger partial charge < -0.3 is 20.5 Å². The van der Waals surface area contributed by atoms with Crippen LogP contribution >= 0.6 is 0 Å². The lowest BCUT2D eigenvalue weighted by Gasteiger charge is -2.34. The molecule has 1 aliphatic rings. The molecule has 2 amide bonds. The molecular weight excluding hydrogens is 332 g/mol. The second-order valence-electron chi connectivity index (χ2n) is 6.56. The van der Waals surface area contributed by atoms with Crippen molar-refractivity contribution >= 4 is 17.5 Å². The summed E-state index contributed by atoms with van der Waals surface area (Å²) >= 11 is 0. The number of hydrogen-bond acceptors (Lipinski definition) is 4. The van der Waals surface area contributed by atoms with Crippen LogP contribution in [0.4, 0.5) is 5.69 Å². The Morgan fingerprint density at radius 1 is 1.12 bits per heavy atom. The molecule has 3 rings (SSSR count). The van der Waals surface area contributed by atoms with E-state index in [1.165, 1.54) is 0 Å². The number of rotatable bonds is 3. The van der Waals surface area contributed by atoms with Gasteiger partial charge in [0.05, 0.1) is 13.2 Å². The zero-order chi connectivity index (χ0) is 18.7. The van der Waals surface area contributed by atoms with Gasteiger partial charge in [-0.3, -0.25) is 9.59 Å². The molecule has 0 spiro atoms. The van der Waals surface area contributed by atoms with Crippen LogP contribution in [0.15, 0.2) is 42.5 Å². The van der Waals surface area contributed by atoms with Gasteiger partial charge in [0, 0.05) is 17.7 Å². The number of benzene rings is 2. The highest BCUT2D eigenvalue weighted by Crippen LogP contribution is 2.36. The third kappa shape index (κ3) is 3.70. The minimum Gasteiger partial charge on any atom is -0.493 e. The highest BCUT2D eigenvalue weighted by atomic mass is 16.5. The van der Waals surface area contributed by atoms with Gasteiger partial charge in [0.15, 0.2) is 0 Å². The number of aliphatic hydroxyl groups is 1. The molecule has 1 heterocycles. The number of amides is 2. The molecule has 2 aromatic carbocycles. The van der Waals surface area contributed by atoms with Crippen molar-refractivity contribution < 1.29 is 19.4 Å². The first-order valence-electron chi connectivity index (χ1n) is 8.50. The van der Waals surface area contributed by atoms with Crippen LogP contribution in [0.2, 0.25) is 0 Å². The molecule has 6 heteroatoms. The maximum absolute atomic E-state index is 12.1. The van der Waals surface area contributed by atoms with Crippen LogP contribution in [0.1, 0.15) is 23.1 Å². The second-order valence-corrected chi connectivity index (χ2v) is 6.56. The number of nitrogens with one attached hydrogen (secondary N) is 2. The Hall–Kier alpha value is -2.86. The van der Waals surface area contributed by atoms with Crippen LogP contribution in [0.5, 0.6) is 5.75 Å². The summed E-state index contributed by atoms with van der Waals surface area (Å²) in [6.45, 7) is 4.19. The van der Waals surface area contributed by atoms with Gasteiger partial charge in [0.2, 0.25) is 0 Å². The van der Waals surface area contributed by atoms with Crippen LogP contribution in [0, 0.1) is 13.8 Å². The van der Waals surface area contributed by atoms with Crippen molar-refractivity contribution in [2.75, 3.05) is 18.5 Å². The Kier molecular flexibility index (Phi) is 4.95. The van der Waals surface area contributed by atoms with E-state index in [4.69, 9.17) is 4.74 Å². The molecule has 2 aromatic rings. The van der Waals surface area contributed by atoms with Crippen LogP contribution in [0.3, 0.4) is 0 Å². The van der Waals surface area contributed by atoms with E-state index in [-0.39, 0.29) is 6.54 Å². The standard InChI is InChI=1S/C20H22N2O4/c1-13-7-8-15(11-14(13)2)22-19(24)18(23)21-12-20(25)9-10-26-17-6-4-3-5-16(17)20/h3-8,11,25H,9-10,12H2,1-2H3,(H,21,23)(H,22,24). The predicted octanol–water partition coefficient (Wildman–Crippen LogP) is 2.03. The van der Waals surface area contributed by atoms with Gasteiger partial charge in [0.1, 0.15) is 11.4 Å². The molecule has 0 bridgehead atoms. The number of anilines is 1. The molecule has 3 N–H and O–H groups in total. The number of aryl methyl sites for hydroxylation is 2. The van der Waals surface area contributed by atoms with Crippen molar-refractivity contribution in [2.24, 2.45) is 0 Å². The summed E-state index contributed by atoms with van der Waals surface area (Å²) in [4.78, 5) is 24.2. The van der Waals surface area contributed by atoms with Crippen molar-refractivity contribution in [1.82, 2.24) is 5.32 Å². The highest BCUT2D eigenvalue weighted by molar-refractivity contribution is 6.39.